The summed E-state index contributed by atoms with van der Waals surface area (Å²) in [6, 6.07) is 20.4. The lowest BCUT2D eigenvalue weighted by atomic mass is 9.76. The summed E-state index contributed by atoms with van der Waals surface area (Å²) in [4.78, 5) is 35.5. The first-order chi connectivity index (χ1) is 17.8. The van der Waals surface area contributed by atoms with Crippen LogP contribution in [0.2, 0.25) is 0 Å². The van der Waals surface area contributed by atoms with E-state index in [4.69, 9.17) is 4.84 Å². The second kappa shape index (κ2) is 8.98. The molecule has 0 saturated carbocycles. The van der Waals surface area contributed by atoms with E-state index in [2.05, 4.69) is 41.5 Å². The maximum Gasteiger partial charge on any atom is 0.266 e. The van der Waals surface area contributed by atoms with Crippen LogP contribution in [0.15, 0.2) is 66.7 Å². The van der Waals surface area contributed by atoms with Crippen molar-refractivity contribution in [1.29, 1.82) is 0 Å². The zero-order valence-electron chi connectivity index (χ0n) is 23.1. The lowest BCUT2D eigenvalue weighted by Gasteiger charge is -2.33. The number of hydroxylamine groups is 1. The van der Waals surface area contributed by atoms with Gasteiger partial charge in [-0.15, -0.1) is 0 Å². The summed E-state index contributed by atoms with van der Waals surface area (Å²) >= 11 is 0. The van der Waals surface area contributed by atoms with Gasteiger partial charge >= 0.3 is 0 Å². The van der Waals surface area contributed by atoms with Gasteiger partial charge in [0.15, 0.2) is 6.10 Å². The van der Waals surface area contributed by atoms with Crippen LogP contribution in [0.4, 0.5) is 11.4 Å². The number of amides is 2. The monoisotopic (exact) mass is 512 g/mol. The summed E-state index contributed by atoms with van der Waals surface area (Å²) in [5.74, 6) is -1.11. The molecule has 2 fully saturated rings. The second-order valence-corrected chi connectivity index (χ2v) is 12.4. The minimum atomic E-state index is -0.947. The molecule has 5 rings (SSSR count). The molecule has 0 unspecified atom stereocenters. The molecule has 2 amide bonds. The molecule has 6 heteroatoms. The first-order valence-electron chi connectivity index (χ1n) is 13.1. The summed E-state index contributed by atoms with van der Waals surface area (Å²) < 4.78 is 0. The number of phenols is 1. The molecule has 6 nitrogen and oxygen atoms in total. The van der Waals surface area contributed by atoms with Crippen molar-refractivity contribution in [1.82, 2.24) is 0 Å². The zero-order chi connectivity index (χ0) is 27.6. The van der Waals surface area contributed by atoms with E-state index in [0.717, 1.165) is 27.9 Å². The Labute approximate surface area is 224 Å². The van der Waals surface area contributed by atoms with E-state index in [-0.39, 0.29) is 28.4 Å². The number of nitrogens with zero attached hydrogens (tertiary/aromatic N) is 2. The summed E-state index contributed by atoms with van der Waals surface area (Å²) in [7, 11) is 0. The summed E-state index contributed by atoms with van der Waals surface area (Å²) in [5.41, 5.74) is 3.92. The number of phenolic OH excluding ortho intramolecular Hbond substituents is 1. The number of fused-ring (bicyclic) bond motifs is 1. The number of para-hydroxylation sites is 2. The highest BCUT2D eigenvalue weighted by molar-refractivity contribution is 6.24. The normalized spacial score (nSPS) is 21.8. The zero-order valence-corrected chi connectivity index (χ0v) is 23.1. The predicted molar refractivity (Wildman–Crippen MR) is 149 cm³/mol. The number of carbonyl (C=O) groups is 2. The highest BCUT2D eigenvalue weighted by atomic mass is 16.7. The minimum Gasteiger partial charge on any atom is -0.507 e. The molecule has 3 aromatic carbocycles. The van der Waals surface area contributed by atoms with E-state index in [0.29, 0.717) is 5.69 Å². The van der Waals surface area contributed by atoms with Gasteiger partial charge in [0.05, 0.1) is 17.4 Å². The van der Waals surface area contributed by atoms with Crippen LogP contribution in [-0.4, -0.2) is 23.0 Å². The number of benzene rings is 3. The molecule has 2 aliphatic rings. The molecule has 0 aliphatic carbocycles. The first kappa shape index (κ1) is 26.0. The molecule has 1 N–H and O–H groups in total. The third-order valence-electron chi connectivity index (χ3n) is 7.57. The van der Waals surface area contributed by atoms with Gasteiger partial charge in [0, 0.05) is 0 Å². The number of hydrogen-bond acceptors (Lipinski definition) is 5. The standard InChI is InChI=1S/C32H36N2O4/c1-19-13-11-12-16-24(19)33-29(36)25-26(34(38-28(25)30(33)37)21-14-9-8-10-15-21)20-17-22(31(2,3)4)27(35)23(18-20)32(5,6)7/h8-18,25-26,28,35H,1-7H3/t25-,26-,28+/m0/s1. The fraction of sp³-hybridized carbons (Fsp3) is 0.375. The third-order valence-corrected chi connectivity index (χ3v) is 7.57. The van der Waals surface area contributed by atoms with Crippen LogP contribution < -0.4 is 9.96 Å². The minimum absolute atomic E-state index is 0.269. The van der Waals surface area contributed by atoms with Crippen LogP contribution in [-0.2, 0) is 25.3 Å². The lowest BCUT2D eigenvalue weighted by molar-refractivity contribution is -0.126. The highest BCUT2D eigenvalue weighted by Crippen LogP contribution is 2.50. The van der Waals surface area contributed by atoms with Gasteiger partial charge in [-0.2, -0.15) is 0 Å². The van der Waals surface area contributed by atoms with Gasteiger partial charge in [0.1, 0.15) is 11.7 Å². The lowest BCUT2D eigenvalue weighted by Crippen LogP contribution is -2.38. The van der Waals surface area contributed by atoms with Crippen LogP contribution in [0.3, 0.4) is 0 Å². The number of anilines is 2. The summed E-state index contributed by atoms with van der Waals surface area (Å²) in [6.45, 7) is 14.3. The smallest absolute Gasteiger partial charge is 0.266 e. The maximum absolute atomic E-state index is 14.1. The van der Waals surface area contributed by atoms with Crippen molar-refractivity contribution < 1.29 is 19.5 Å². The van der Waals surface area contributed by atoms with Crippen molar-refractivity contribution >= 4 is 23.2 Å². The van der Waals surface area contributed by atoms with E-state index >= 15 is 0 Å². The van der Waals surface area contributed by atoms with Crippen LogP contribution in [0.5, 0.6) is 5.75 Å². The predicted octanol–water partition coefficient (Wildman–Crippen LogP) is 6.35. The number of imide groups is 1. The van der Waals surface area contributed by atoms with Crippen molar-refractivity contribution in [2.75, 3.05) is 9.96 Å². The molecule has 3 aromatic rings. The third kappa shape index (κ3) is 4.17. The van der Waals surface area contributed by atoms with Crippen LogP contribution >= 0.6 is 0 Å². The van der Waals surface area contributed by atoms with Gasteiger partial charge in [-0.05, 0) is 70.3 Å². The van der Waals surface area contributed by atoms with Crippen LogP contribution in [0, 0.1) is 12.8 Å². The fourth-order valence-corrected chi connectivity index (χ4v) is 5.57. The molecule has 0 radical (unpaired) electrons. The fourth-order valence-electron chi connectivity index (χ4n) is 5.57. The molecule has 198 valence electrons. The number of rotatable bonds is 3. The van der Waals surface area contributed by atoms with Crippen molar-refractivity contribution in [3.8, 4) is 5.75 Å². The molecule has 38 heavy (non-hydrogen) atoms. The SMILES string of the molecule is Cc1ccccc1N1C(=O)[C@@H]2[C@@H](ON(c3ccccc3)[C@H]2c2cc(C(C)(C)C)c(O)c(C(C)(C)C)c2)C1=O. The van der Waals surface area contributed by atoms with Gasteiger partial charge in [-0.3, -0.25) is 14.4 Å². The van der Waals surface area contributed by atoms with Gasteiger partial charge in [-0.25, -0.2) is 9.96 Å². The molecule has 3 atom stereocenters. The summed E-state index contributed by atoms with van der Waals surface area (Å²) in [6.07, 6.45) is -0.947. The molecule has 2 aliphatic heterocycles. The molecule has 0 spiro atoms. The number of carbonyl (C=O) groups excluding carboxylic acids is 2. The Morgan fingerprint density at radius 2 is 1.34 bits per heavy atom. The Morgan fingerprint density at radius 3 is 1.89 bits per heavy atom. The largest absolute Gasteiger partial charge is 0.507 e. The average molecular weight is 513 g/mol. The van der Waals surface area contributed by atoms with Gasteiger partial charge in [-0.1, -0.05) is 77.9 Å². The van der Waals surface area contributed by atoms with E-state index in [1.54, 1.807) is 11.1 Å². The number of hydrogen-bond donors (Lipinski definition) is 1. The van der Waals surface area contributed by atoms with Crippen molar-refractivity contribution in [3.63, 3.8) is 0 Å². The van der Waals surface area contributed by atoms with Crippen molar-refractivity contribution in [3.05, 3.63) is 89.0 Å². The number of aromatic hydroxyl groups is 1. The Balaban J connectivity index is 1.71. The average Bonchev–Trinajstić information content (AvgIpc) is 3.35. The summed E-state index contributed by atoms with van der Waals surface area (Å²) in [5, 5.41) is 13.1. The van der Waals surface area contributed by atoms with Crippen molar-refractivity contribution in [2.24, 2.45) is 5.92 Å². The Morgan fingerprint density at radius 1 is 0.789 bits per heavy atom. The molecule has 2 heterocycles. The quantitative estimate of drug-likeness (QED) is 0.414. The molecule has 2 saturated heterocycles. The van der Waals surface area contributed by atoms with Crippen LogP contribution in [0.1, 0.15) is 69.8 Å². The van der Waals surface area contributed by atoms with Gasteiger partial charge in [0.25, 0.3) is 5.91 Å². The van der Waals surface area contributed by atoms with Crippen LogP contribution in [0.25, 0.3) is 0 Å². The Hall–Kier alpha value is -3.64. The maximum atomic E-state index is 14.1. The Bertz CT molecular complexity index is 1370. The van der Waals surface area contributed by atoms with Gasteiger partial charge in [0.2, 0.25) is 5.91 Å². The van der Waals surface area contributed by atoms with E-state index in [9.17, 15) is 14.7 Å². The molecule has 0 bridgehead atoms. The van der Waals surface area contributed by atoms with E-state index in [1.807, 2.05) is 67.6 Å². The van der Waals surface area contributed by atoms with E-state index < -0.39 is 18.1 Å². The molecular weight excluding hydrogens is 476 g/mol. The number of aryl methyl sites for hydroxylation is 1. The topological polar surface area (TPSA) is 70.1 Å². The van der Waals surface area contributed by atoms with Gasteiger partial charge < -0.3 is 5.11 Å². The Kier molecular flexibility index (Phi) is 6.14. The highest BCUT2D eigenvalue weighted by Gasteiger charge is 2.60. The first-order valence-corrected chi connectivity index (χ1v) is 13.1. The van der Waals surface area contributed by atoms with E-state index in [1.165, 1.54) is 4.90 Å². The van der Waals surface area contributed by atoms with Crippen molar-refractivity contribution in [2.45, 2.75) is 71.4 Å². The second-order valence-electron chi connectivity index (χ2n) is 12.4. The molecule has 0 aromatic heterocycles. The molecular formula is C32H36N2O4.